The van der Waals surface area contributed by atoms with Crippen LogP contribution < -0.4 is 4.74 Å². The Hall–Kier alpha value is -2.69. The molecule has 3 nitrogen and oxygen atoms in total. The van der Waals surface area contributed by atoms with E-state index in [4.69, 9.17) is 4.74 Å². The molecule has 1 saturated heterocycles. The van der Waals surface area contributed by atoms with E-state index in [-0.39, 0.29) is 12.0 Å². The molecule has 156 valence electrons. The second-order valence-electron chi connectivity index (χ2n) is 8.05. The topological polar surface area (TPSA) is 15.7 Å². The minimum absolute atomic E-state index is 0.163. The Labute approximate surface area is 178 Å². The third-order valence-electron chi connectivity index (χ3n) is 5.80. The number of benzene rings is 3. The average Bonchev–Trinajstić information content (AvgIpc) is 2.77. The lowest BCUT2D eigenvalue weighted by molar-refractivity contribution is -0.00912. The van der Waals surface area contributed by atoms with Crippen molar-refractivity contribution in [2.75, 3.05) is 20.2 Å². The van der Waals surface area contributed by atoms with Gasteiger partial charge >= 0.3 is 0 Å². The van der Waals surface area contributed by atoms with Gasteiger partial charge in [0.2, 0.25) is 0 Å². The first-order chi connectivity index (χ1) is 14.6. The molecule has 0 spiro atoms. The number of nitrogens with zero attached hydrogens (tertiary/aromatic N) is 2. The maximum absolute atomic E-state index is 13.4. The van der Waals surface area contributed by atoms with Crippen molar-refractivity contribution in [2.45, 2.75) is 32.6 Å². The molecule has 0 bridgehead atoms. The van der Waals surface area contributed by atoms with Gasteiger partial charge in [0.15, 0.2) is 0 Å². The van der Waals surface area contributed by atoms with E-state index < -0.39 is 0 Å². The molecule has 1 heterocycles. The lowest BCUT2D eigenvalue weighted by atomic mass is 10.0. The van der Waals surface area contributed by atoms with Gasteiger partial charge in [0.05, 0.1) is 13.3 Å². The summed E-state index contributed by atoms with van der Waals surface area (Å²) in [5.74, 6) is 0.676. The largest absolute Gasteiger partial charge is 0.497 e. The van der Waals surface area contributed by atoms with Crippen LogP contribution in [0.15, 0.2) is 72.8 Å². The van der Waals surface area contributed by atoms with Crippen LogP contribution in [0.4, 0.5) is 4.39 Å². The predicted molar refractivity (Wildman–Crippen MR) is 119 cm³/mol. The molecule has 0 N–H and O–H groups in total. The Morgan fingerprint density at radius 3 is 1.87 bits per heavy atom. The van der Waals surface area contributed by atoms with Crippen molar-refractivity contribution >= 4 is 0 Å². The summed E-state index contributed by atoms with van der Waals surface area (Å²) in [6.45, 7) is 5.87. The van der Waals surface area contributed by atoms with Crippen molar-refractivity contribution in [2.24, 2.45) is 0 Å². The molecule has 4 rings (SSSR count). The minimum Gasteiger partial charge on any atom is -0.497 e. The summed E-state index contributed by atoms with van der Waals surface area (Å²) in [7, 11) is 1.69. The third-order valence-corrected chi connectivity index (χ3v) is 5.80. The molecule has 0 aromatic heterocycles. The van der Waals surface area contributed by atoms with Crippen molar-refractivity contribution in [1.29, 1.82) is 0 Å². The van der Waals surface area contributed by atoms with Crippen LogP contribution in [-0.4, -0.2) is 30.0 Å². The van der Waals surface area contributed by atoms with E-state index in [1.54, 1.807) is 19.2 Å². The Balaban J connectivity index is 1.62. The van der Waals surface area contributed by atoms with Gasteiger partial charge in [-0.2, -0.15) is 0 Å². The zero-order valence-electron chi connectivity index (χ0n) is 17.7. The van der Waals surface area contributed by atoms with E-state index >= 15 is 0 Å². The van der Waals surface area contributed by atoms with E-state index in [9.17, 15) is 4.39 Å². The molecule has 0 amide bonds. The van der Waals surface area contributed by atoms with Crippen LogP contribution in [0, 0.1) is 12.7 Å². The lowest BCUT2D eigenvalue weighted by Crippen LogP contribution is -2.46. The molecule has 0 radical (unpaired) electrons. The number of ether oxygens (including phenoxy) is 1. The van der Waals surface area contributed by atoms with Crippen LogP contribution >= 0.6 is 0 Å². The summed E-state index contributed by atoms with van der Waals surface area (Å²) >= 11 is 0. The van der Waals surface area contributed by atoms with Gasteiger partial charge in [-0.15, -0.1) is 0 Å². The highest BCUT2D eigenvalue weighted by molar-refractivity contribution is 5.30. The van der Waals surface area contributed by atoms with Crippen LogP contribution in [0.25, 0.3) is 0 Å². The van der Waals surface area contributed by atoms with Gasteiger partial charge in [-0.05, 0) is 54.3 Å². The molecule has 3 aromatic rings. The van der Waals surface area contributed by atoms with Gasteiger partial charge in [-0.1, -0.05) is 54.1 Å². The summed E-state index contributed by atoms with van der Waals surface area (Å²) in [6.07, 6.45) is 1.27. The number of methoxy groups -OCH3 is 1. The summed E-state index contributed by atoms with van der Waals surface area (Å²) in [5.41, 5.74) is 4.99. The minimum atomic E-state index is -0.190. The summed E-state index contributed by atoms with van der Waals surface area (Å²) in [6, 6.07) is 24.1. The molecule has 0 aliphatic carbocycles. The van der Waals surface area contributed by atoms with Gasteiger partial charge in [0.25, 0.3) is 0 Å². The van der Waals surface area contributed by atoms with Gasteiger partial charge < -0.3 is 4.74 Å². The maximum Gasteiger partial charge on any atom is 0.123 e. The van der Waals surface area contributed by atoms with Crippen LogP contribution in [0.2, 0.25) is 0 Å². The smallest absolute Gasteiger partial charge is 0.123 e. The van der Waals surface area contributed by atoms with Crippen LogP contribution in [-0.2, 0) is 13.1 Å². The highest BCUT2D eigenvalue weighted by atomic mass is 19.1. The Kier molecular flexibility index (Phi) is 6.46. The Bertz CT molecular complexity index is 883. The maximum atomic E-state index is 13.4. The van der Waals surface area contributed by atoms with Gasteiger partial charge in [0, 0.05) is 26.2 Å². The van der Waals surface area contributed by atoms with Crippen molar-refractivity contribution in [1.82, 2.24) is 9.80 Å². The standard InChI is InChI=1S/C26H29FN2O/c1-20-4-6-21(7-5-20)18-28-16-3-17-29(19-22-8-12-24(27)13-9-22)26(28)23-10-14-25(30-2)15-11-23/h4-15,26H,3,16-19H2,1-2H3. The summed E-state index contributed by atoms with van der Waals surface area (Å²) < 4.78 is 18.7. The quantitative estimate of drug-likeness (QED) is 0.536. The molecule has 3 aromatic carbocycles. The van der Waals surface area contributed by atoms with Crippen molar-refractivity contribution < 1.29 is 9.13 Å². The zero-order chi connectivity index (χ0) is 20.9. The molecule has 1 aliphatic heterocycles. The van der Waals surface area contributed by atoms with Crippen LogP contribution in [0.1, 0.15) is 34.8 Å². The highest BCUT2D eigenvalue weighted by Crippen LogP contribution is 2.33. The molecule has 1 atom stereocenters. The summed E-state index contributed by atoms with van der Waals surface area (Å²) in [4.78, 5) is 5.03. The van der Waals surface area contributed by atoms with Crippen molar-refractivity contribution in [3.8, 4) is 5.75 Å². The monoisotopic (exact) mass is 404 g/mol. The zero-order valence-corrected chi connectivity index (χ0v) is 17.7. The fourth-order valence-corrected chi connectivity index (χ4v) is 4.23. The SMILES string of the molecule is COc1ccc(C2N(Cc3ccc(C)cc3)CCCN2Cc2ccc(F)cc2)cc1. The van der Waals surface area contributed by atoms with E-state index in [0.29, 0.717) is 0 Å². The molecule has 30 heavy (non-hydrogen) atoms. The van der Waals surface area contributed by atoms with Crippen molar-refractivity contribution in [3.63, 3.8) is 0 Å². The summed E-state index contributed by atoms with van der Waals surface area (Å²) in [5, 5.41) is 0. The predicted octanol–water partition coefficient (Wildman–Crippen LogP) is 5.55. The molecule has 1 fully saturated rings. The number of halogens is 1. The van der Waals surface area contributed by atoms with E-state index in [2.05, 4.69) is 53.1 Å². The fraction of sp³-hybridized carbons (Fsp3) is 0.308. The van der Waals surface area contributed by atoms with Gasteiger partial charge in [-0.25, -0.2) is 4.39 Å². The van der Waals surface area contributed by atoms with E-state index in [1.165, 1.54) is 16.7 Å². The van der Waals surface area contributed by atoms with Crippen LogP contribution in [0.3, 0.4) is 0 Å². The van der Waals surface area contributed by atoms with E-state index in [1.807, 2.05) is 24.3 Å². The van der Waals surface area contributed by atoms with E-state index in [0.717, 1.165) is 43.9 Å². The fourth-order valence-electron chi connectivity index (χ4n) is 4.23. The van der Waals surface area contributed by atoms with Crippen LogP contribution in [0.5, 0.6) is 5.75 Å². The second-order valence-corrected chi connectivity index (χ2v) is 8.05. The Morgan fingerprint density at radius 1 is 0.800 bits per heavy atom. The molecular weight excluding hydrogens is 375 g/mol. The average molecular weight is 405 g/mol. The van der Waals surface area contributed by atoms with Gasteiger partial charge in [-0.3, -0.25) is 9.80 Å². The molecule has 4 heteroatoms. The number of hydrogen-bond acceptors (Lipinski definition) is 3. The first kappa shape index (κ1) is 20.6. The first-order valence-corrected chi connectivity index (χ1v) is 10.5. The molecular formula is C26H29FN2O. The Morgan fingerprint density at radius 2 is 1.33 bits per heavy atom. The normalized spacial score (nSPS) is 17.8. The first-order valence-electron chi connectivity index (χ1n) is 10.5. The molecule has 0 saturated carbocycles. The van der Waals surface area contributed by atoms with Crippen molar-refractivity contribution in [3.05, 3.63) is 101 Å². The number of hydrogen-bond donors (Lipinski definition) is 0. The lowest BCUT2D eigenvalue weighted by Gasteiger charge is -2.44. The third kappa shape index (κ3) is 4.89. The number of aryl methyl sites for hydroxylation is 1. The second kappa shape index (κ2) is 9.41. The number of rotatable bonds is 6. The molecule has 1 unspecified atom stereocenters. The highest BCUT2D eigenvalue weighted by Gasteiger charge is 2.30. The van der Waals surface area contributed by atoms with Gasteiger partial charge in [0.1, 0.15) is 11.6 Å². The molecule has 1 aliphatic rings.